The molecule has 2 unspecified atom stereocenters. The Labute approximate surface area is 116 Å². The summed E-state index contributed by atoms with van der Waals surface area (Å²) >= 11 is 0. The monoisotopic (exact) mass is 279 g/mol. The molecule has 0 amide bonds. The molecule has 0 saturated carbocycles. The van der Waals surface area contributed by atoms with E-state index in [4.69, 9.17) is 10.8 Å². The van der Waals surface area contributed by atoms with Crippen LogP contribution in [0.4, 0.5) is 5.69 Å². The van der Waals surface area contributed by atoms with E-state index in [1.54, 1.807) is 12.1 Å². The van der Waals surface area contributed by atoms with Gasteiger partial charge in [-0.05, 0) is 18.9 Å². The molecule has 108 valence electrons. The number of carboxylic acid groups (broad SMARTS) is 1. The Balaban J connectivity index is 2.17. The maximum absolute atomic E-state index is 11.1. The maximum atomic E-state index is 11.1. The van der Waals surface area contributed by atoms with Crippen LogP contribution < -0.4 is 5.73 Å². The van der Waals surface area contributed by atoms with Crippen LogP contribution in [0.15, 0.2) is 24.3 Å². The molecule has 1 aliphatic rings. The molecule has 7 nitrogen and oxygen atoms in total. The summed E-state index contributed by atoms with van der Waals surface area (Å²) in [5, 5.41) is 19.9. The van der Waals surface area contributed by atoms with Gasteiger partial charge in [0.1, 0.15) is 5.54 Å². The normalized spacial score (nSPS) is 24.5. The molecule has 3 N–H and O–H groups in total. The number of nitrogens with zero attached hydrogens (tertiary/aromatic N) is 2. The molecule has 0 aromatic heterocycles. The van der Waals surface area contributed by atoms with Gasteiger partial charge in [-0.15, -0.1) is 0 Å². The molecule has 7 heteroatoms. The molecule has 1 aromatic carbocycles. The van der Waals surface area contributed by atoms with Crippen LogP contribution in [0, 0.1) is 10.1 Å². The molecule has 0 spiro atoms. The highest BCUT2D eigenvalue weighted by Gasteiger charge is 2.42. The van der Waals surface area contributed by atoms with Crippen LogP contribution in [0.1, 0.15) is 24.9 Å². The Morgan fingerprint density at radius 3 is 2.85 bits per heavy atom. The Morgan fingerprint density at radius 1 is 1.60 bits per heavy atom. The van der Waals surface area contributed by atoms with Crippen molar-refractivity contribution in [3.63, 3.8) is 0 Å². The lowest BCUT2D eigenvalue weighted by Crippen LogP contribution is -2.50. The van der Waals surface area contributed by atoms with Crippen LogP contribution in [0.5, 0.6) is 0 Å². The molecular formula is C13H17N3O4. The Kier molecular flexibility index (Phi) is 3.74. The number of nitrogens with two attached hydrogens (primary N) is 1. The molecule has 1 aliphatic heterocycles. The van der Waals surface area contributed by atoms with E-state index in [0.717, 1.165) is 5.56 Å². The van der Waals surface area contributed by atoms with E-state index < -0.39 is 16.4 Å². The average Bonchev–Trinajstić information content (AvgIpc) is 2.82. The number of rotatable bonds is 4. The van der Waals surface area contributed by atoms with E-state index in [1.165, 1.54) is 12.1 Å². The van der Waals surface area contributed by atoms with Crippen molar-refractivity contribution in [1.29, 1.82) is 0 Å². The fourth-order valence-electron chi connectivity index (χ4n) is 2.48. The van der Waals surface area contributed by atoms with E-state index >= 15 is 0 Å². The van der Waals surface area contributed by atoms with Crippen molar-refractivity contribution in [2.75, 3.05) is 13.1 Å². The summed E-state index contributed by atoms with van der Waals surface area (Å²) in [5.74, 6) is -1.01. The number of hydrogen-bond donors (Lipinski definition) is 2. The van der Waals surface area contributed by atoms with Crippen molar-refractivity contribution in [3.05, 3.63) is 39.9 Å². The highest BCUT2D eigenvalue weighted by molar-refractivity contribution is 5.79. The number of hydrogen-bond acceptors (Lipinski definition) is 5. The third-order valence-corrected chi connectivity index (χ3v) is 3.87. The zero-order chi connectivity index (χ0) is 14.9. The standard InChI is InChI=1S/C13H17N3O4/c1-9(10-3-2-4-11(7-10)16(19)20)15-6-5-13(14,8-15)12(17)18/h2-4,7,9H,5-6,8,14H2,1H3,(H,17,18). The predicted molar refractivity (Wildman–Crippen MR) is 72.3 cm³/mol. The Hall–Kier alpha value is -1.99. The highest BCUT2D eigenvalue weighted by Crippen LogP contribution is 2.30. The van der Waals surface area contributed by atoms with Gasteiger partial charge in [0, 0.05) is 31.3 Å². The first-order valence-corrected chi connectivity index (χ1v) is 6.34. The zero-order valence-electron chi connectivity index (χ0n) is 11.2. The van der Waals surface area contributed by atoms with E-state index in [1.807, 2.05) is 11.8 Å². The first-order chi connectivity index (χ1) is 9.33. The topological polar surface area (TPSA) is 110 Å². The van der Waals surface area contributed by atoms with Gasteiger partial charge in [-0.3, -0.25) is 19.8 Å². The molecule has 0 bridgehead atoms. The molecule has 1 saturated heterocycles. The summed E-state index contributed by atoms with van der Waals surface area (Å²) in [5.41, 5.74) is 5.43. The fourth-order valence-corrected chi connectivity index (χ4v) is 2.48. The van der Waals surface area contributed by atoms with Gasteiger partial charge in [0.05, 0.1) is 4.92 Å². The summed E-state index contributed by atoms with van der Waals surface area (Å²) < 4.78 is 0. The van der Waals surface area contributed by atoms with Gasteiger partial charge in [-0.25, -0.2) is 0 Å². The number of non-ortho nitro benzene ring substituents is 1. The van der Waals surface area contributed by atoms with Crippen molar-refractivity contribution in [3.8, 4) is 0 Å². The van der Waals surface area contributed by atoms with Crippen molar-refractivity contribution in [2.45, 2.75) is 24.9 Å². The molecule has 20 heavy (non-hydrogen) atoms. The van der Waals surface area contributed by atoms with Crippen LogP contribution in [-0.2, 0) is 4.79 Å². The lowest BCUT2D eigenvalue weighted by molar-refractivity contribution is -0.384. The smallest absolute Gasteiger partial charge is 0.325 e. The number of nitro groups is 1. The minimum atomic E-state index is -1.23. The van der Waals surface area contributed by atoms with Gasteiger partial charge < -0.3 is 10.8 Å². The van der Waals surface area contributed by atoms with Crippen LogP contribution >= 0.6 is 0 Å². The minimum Gasteiger partial charge on any atom is -0.480 e. The van der Waals surface area contributed by atoms with Gasteiger partial charge in [0.2, 0.25) is 0 Å². The van der Waals surface area contributed by atoms with E-state index in [-0.39, 0.29) is 18.3 Å². The minimum absolute atomic E-state index is 0.0331. The highest BCUT2D eigenvalue weighted by atomic mass is 16.6. The second-order valence-corrected chi connectivity index (χ2v) is 5.21. The summed E-state index contributed by atoms with van der Waals surface area (Å²) in [7, 11) is 0. The Bertz CT molecular complexity index is 548. The molecule has 0 aliphatic carbocycles. The molecular weight excluding hydrogens is 262 g/mol. The van der Waals surface area contributed by atoms with Gasteiger partial charge in [-0.1, -0.05) is 12.1 Å². The van der Waals surface area contributed by atoms with Crippen LogP contribution in [0.3, 0.4) is 0 Å². The second-order valence-electron chi connectivity index (χ2n) is 5.21. The predicted octanol–water partition coefficient (Wildman–Crippen LogP) is 1.14. The van der Waals surface area contributed by atoms with Crippen molar-refractivity contribution < 1.29 is 14.8 Å². The first kappa shape index (κ1) is 14.4. The number of aliphatic carboxylic acids is 1. The number of carbonyl (C=O) groups is 1. The number of benzene rings is 1. The number of likely N-dealkylation sites (tertiary alicyclic amines) is 1. The van der Waals surface area contributed by atoms with E-state index in [9.17, 15) is 14.9 Å². The summed E-state index contributed by atoms with van der Waals surface area (Å²) in [6.07, 6.45) is 0.377. The molecule has 0 radical (unpaired) electrons. The molecule has 1 aromatic rings. The van der Waals surface area contributed by atoms with E-state index in [2.05, 4.69) is 0 Å². The third kappa shape index (κ3) is 2.63. The number of nitro benzene ring substituents is 1. The first-order valence-electron chi connectivity index (χ1n) is 6.34. The largest absolute Gasteiger partial charge is 0.480 e. The van der Waals surface area contributed by atoms with Gasteiger partial charge in [0.15, 0.2) is 0 Å². The quantitative estimate of drug-likeness (QED) is 0.631. The summed E-state index contributed by atoms with van der Waals surface area (Å²) in [4.78, 5) is 23.4. The maximum Gasteiger partial charge on any atom is 0.325 e. The van der Waals surface area contributed by atoms with Crippen molar-refractivity contribution >= 4 is 11.7 Å². The molecule has 2 rings (SSSR count). The summed E-state index contributed by atoms with van der Waals surface area (Å²) in [6.45, 7) is 2.70. The third-order valence-electron chi connectivity index (χ3n) is 3.87. The Morgan fingerprint density at radius 2 is 2.30 bits per heavy atom. The molecule has 1 heterocycles. The molecule has 2 atom stereocenters. The lowest BCUT2D eigenvalue weighted by atomic mass is 10.0. The number of carboxylic acids is 1. The second kappa shape index (κ2) is 5.18. The van der Waals surface area contributed by atoms with Crippen LogP contribution in [0.25, 0.3) is 0 Å². The van der Waals surface area contributed by atoms with Crippen LogP contribution in [0.2, 0.25) is 0 Å². The van der Waals surface area contributed by atoms with Crippen LogP contribution in [-0.4, -0.2) is 39.5 Å². The SMILES string of the molecule is CC(c1cccc([N+](=O)[O-])c1)N1CCC(N)(C(=O)O)C1. The van der Waals surface area contributed by atoms with Gasteiger partial charge in [0.25, 0.3) is 5.69 Å². The van der Waals surface area contributed by atoms with Gasteiger partial charge >= 0.3 is 5.97 Å². The zero-order valence-corrected chi connectivity index (χ0v) is 11.2. The van der Waals surface area contributed by atoms with Gasteiger partial charge in [-0.2, -0.15) is 0 Å². The average molecular weight is 279 g/mol. The van der Waals surface area contributed by atoms with Crippen molar-refractivity contribution in [2.24, 2.45) is 5.73 Å². The summed E-state index contributed by atoms with van der Waals surface area (Å²) in [6, 6.07) is 6.27. The fraction of sp³-hybridized carbons (Fsp3) is 0.462. The van der Waals surface area contributed by atoms with E-state index in [0.29, 0.717) is 13.0 Å². The lowest BCUT2D eigenvalue weighted by Gasteiger charge is -2.26. The van der Waals surface area contributed by atoms with Crippen molar-refractivity contribution in [1.82, 2.24) is 4.90 Å². The molecule has 1 fully saturated rings.